The monoisotopic (exact) mass is 396 g/mol. The second-order valence-electron chi connectivity index (χ2n) is 10.9. The number of pyridine rings is 1. The molecule has 2 aliphatic carbocycles. The van der Waals surface area contributed by atoms with Crippen molar-refractivity contribution in [3.8, 4) is 22.4 Å². The normalized spacial score (nSPS) is 18.0. The predicted octanol–water partition coefficient (Wildman–Crippen LogP) is 6.72. The van der Waals surface area contributed by atoms with Gasteiger partial charge in [-0.3, -0.25) is 0 Å². The highest BCUT2D eigenvalue weighted by atomic mass is 14.9. The second kappa shape index (κ2) is 6.30. The zero-order valence-corrected chi connectivity index (χ0v) is 19.6. The minimum absolute atomic E-state index is 0.221. The highest BCUT2D eigenvalue weighted by Crippen LogP contribution is 2.48. The van der Waals surface area contributed by atoms with Gasteiger partial charge < -0.3 is 0 Å². The molecule has 0 bridgehead atoms. The van der Waals surface area contributed by atoms with Gasteiger partial charge in [-0.1, -0.05) is 58.0 Å². The molecule has 0 fully saturated rings. The largest absolute Gasteiger partial charge is 0.213 e. The van der Waals surface area contributed by atoms with Crippen molar-refractivity contribution in [3.05, 3.63) is 76.0 Å². The molecule has 0 saturated heterocycles. The van der Waals surface area contributed by atoms with Gasteiger partial charge in [0.1, 0.15) is 7.05 Å². The molecular formula is C29H34N+. The lowest BCUT2D eigenvalue weighted by atomic mass is 9.63. The summed E-state index contributed by atoms with van der Waals surface area (Å²) in [5.41, 5.74) is 15.0. The number of nitrogens with zero attached hydrogens (tertiary/aromatic N) is 1. The molecule has 154 valence electrons. The summed E-state index contributed by atoms with van der Waals surface area (Å²) < 4.78 is 2.39. The lowest BCUT2D eigenvalue weighted by Gasteiger charge is -2.40. The van der Waals surface area contributed by atoms with Gasteiger partial charge in [-0.25, -0.2) is 4.57 Å². The van der Waals surface area contributed by atoms with Crippen LogP contribution in [0.4, 0.5) is 0 Å². The van der Waals surface area contributed by atoms with Crippen LogP contribution in [0.15, 0.2) is 42.6 Å². The lowest BCUT2D eigenvalue weighted by Crippen LogP contribution is -2.40. The van der Waals surface area contributed by atoms with Gasteiger partial charge >= 0.3 is 0 Å². The van der Waals surface area contributed by atoms with Gasteiger partial charge in [-0.05, 0) is 82.9 Å². The van der Waals surface area contributed by atoms with E-state index in [1.54, 1.807) is 0 Å². The fourth-order valence-corrected chi connectivity index (χ4v) is 5.98. The van der Waals surface area contributed by atoms with Crippen molar-refractivity contribution >= 4 is 0 Å². The molecule has 0 spiro atoms. The van der Waals surface area contributed by atoms with Gasteiger partial charge in [0, 0.05) is 11.6 Å². The summed E-state index contributed by atoms with van der Waals surface area (Å²) in [5, 5.41) is 0. The van der Waals surface area contributed by atoms with Crippen LogP contribution >= 0.6 is 0 Å². The number of aryl methyl sites for hydroxylation is 3. The fraction of sp³-hybridized carbons (Fsp3) is 0.414. The van der Waals surface area contributed by atoms with Gasteiger partial charge in [0.25, 0.3) is 0 Å². The van der Waals surface area contributed by atoms with Crippen molar-refractivity contribution in [3.63, 3.8) is 0 Å². The summed E-state index contributed by atoms with van der Waals surface area (Å²) in [5.74, 6) is 0. The lowest BCUT2D eigenvalue weighted by molar-refractivity contribution is -0.661. The maximum atomic E-state index is 2.52. The van der Waals surface area contributed by atoms with E-state index in [1.165, 1.54) is 68.6 Å². The molecule has 2 aromatic carbocycles. The molecular weight excluding hydrogens is 362 g/mol. The van der Waals surface area contributed by atoms with E-state index in [0.29, 0.717) is 0 Å². The first-order valence-electron chi connectivity index (χ1n) is 11.4. The molecule has 0 aliphatic heterocycles. The van der Waals surface area contributed by atoms with Gasteiger partial charge in [0.05, 0.1) is 5.56 Å². The van der Waals surface area contributed by atoms with Crippen molar-refractivity contribution in [1.29, 1.82) is 0 Å². The van der Waals surface area contributed by atoms with Crippen molar-refractivity contribution in [2.45, 2.75) is 71.6 Å². The molecule has 1 aromatic heterocycles. The molecule has 1 heterocycles. The number of fused-ring (bicyclic) bond motifs is 4. The SMILES string of the molecule is Cc1cc(C)c(-c2cc3c(c[n+]2C)C(C)(C)CCC3(C)C)c2c1-c1ccccc1C2. The van der Waals surface area contributed by atoms with E-state index in [0.717, 1.165) is 6.42 Å². The Hall–Kier alpha value is -2.41. The van der Waals surface area contributed by atoms with Gasteiger partial charge in [0.15, 0.2) is 6.20 Å². The van der Waals surface area contributed by atoms with Crippen LogP contribution in [0, 0.1) is 13.8 Å². The molecule has 0 amide bonds. The van der Waals surface area contributed by atoms with E-state index >= 15 is 0 Å². The van der Waals surface area contributed by atoms with Crippen molar-refractivity contribution in [1.82, 2.24) is 0 Å². The highest BCUT2D eigenvalue weighted by Gasteiger charge is 2.40. The molecule has 30 heavy (non-hydrogen) atoms. The molecule has 0 saturated carbocycles. The van der Waals surface area contributed by atoms with Gasteiger partial charge in [0.2, 0.25) is 5.69 Å². The molecule has 3 aromatic rings. The highest BCUT2D eigenvalue weighted by molar-refractivity contribution is 5.87. The molecule has 1 heteroatoms. The number of hydrogen-bond acceptors (Lipinski definition) is 0. The summed E-state index contributed by atoms with van der Waals surface area (Å²) in [6.07, 6.45) is 5.96. The van der Waals surface area contributed by atoms with Gasteiger partial charge in [-0.2, -0.15) is 0 Å². The Morgan fingerprint density at radius 1 is 0.800 bits per heavy atom. The Labute approximate surface area is 181 Å². The Bertz CT molecular complexity index is 1190. The predicted molar refractivity (Wildman–Crippen MR) is 126 cm³/mol. The number of aromatic nitrogens is 1. The first kappa shape index (κ1) is 19.5. The average Bonchev–Trinajstić information content (AvgIpc) is 3.06. The van der Waals surface area contributed by atoms with E-state index in [1.807, 2.05) is 0 Å². The quantitative estimate of drug-likeness (QED) is 0.315. The van der Waals surface area contributed by atoms with Crippen LogP contribution in [0.3, 0.4) is 0 Å². The molecule has 0 atom stereocenters. The summed E-state index contributed by atoms with van der Waals surface area (Å²) in [6.45, 7) is 14.2. The average molecular weight is 397 g/mol. The number of rotatable bonds is 1. The molecule has 5 rings (SSSR count). The molecule has 0 N–H and O–H groups in total. The maximum Gasteiger partial charge on any atom is 0.213 e. The molecule has 0 unspecified atom stereocenters. The van der Waals surface area contributed by atoms with Crippen LogP contribution in [0.2, 0.25) is 0 Å². The van der Waals surface area contributed by atoms with Crippen LogP contribution in [0.25, 0.3) is 22.4 Å². The van der Waals surface area contributed by atoms with Crippen LogP contribution in [-0.4, -0.2) is 0 Å². The first-order valence-corrected chi connectivity index (χ1v) is 11.4. The minimum Gasteiger partial charge on any atom is -0.201 e. The number of benzene rings is 2. The zero-order valence-electron chi connectivity index (χ0n) is 19.6. The van der Waals surface area contributed by atoms with E-state index < -0.39 is 0 Å². The Morgan fingerprint density at radius 3 is 2.17 bits per heavy atom. The Kier molecular flexibility index (Phi) is 4.10. The van der Waals surface area contributed by atoms with Crippen LogP contribution in [0.1, 0.15) is 73.9 Å². The third kappa shape index (κ3) is 2.71. The fourth-order valence-electron chi connectivity index (χ4n) is 5.98. The standard InChI is InChI=1S/C29H34N/c1-18-14-19(2)27(22-15-20-10-8-9-11-21(20)26(18)22)25-16-23-24(17-30(25)7)29(5,6)13-12-28(23,3)4/h8-11,14,16-17H,12-13,15H2,1-7H3/q+1. The van der Waals surface area contributed by atoms with E-state index in [4.69, 9.17) is 0 Å². The topological polar surface area (TPSA) is 3.88 Å². The number of hydrogen-bond donors (Lipinski definition) is 0. The summed E-state index contributed by atoms with van der Waals surface area (Å²) >= 11 is 0. The van der Waals surface area contributed by atoms with Crippen molar-refractivity contribution < 1.29 is 4.57 Å². The smallest absolute Gasteiger partial charge is 0.201 e. The van der Waals surface area contributed by atoms with Crippen LogP contribution in [-0.2, 0) is 24.3 Å². The zero-order chi connectivity index (χ0) is 21.4. The second-order valence-corrected chi connectivity index (χ2v) is 10.9. The molecule has 2 aliphatic rings. The van der Waals surface area contributed by atoms with E-state index in [9.17, 15) is 0 Å². The summed E-state index contributed by atoms with van der Waals surface area (Å²) in [6, 6.07) is 13.9. The minimum atomic E-state index is 0.221. The van der Waals surface area contributed by atoms with E-state index in [-0.39, 0.29) is 10.8 Å². The van der Waals surface area contributed by atoms with Crippen molar-refractivity contribution in [2.75, 3.05) is 0 Å². The Morgan fingerprint density at radius 2 is 1.43 bits per heavy atom. The molecule has 1 nitrogen and oxygen atoms in total. The van der Waals surface area contributed by atoms with Crippen molar-refractivity contribution in [2.24, 2.45) is 7.05 Å². The molecule has 0 radical (unpaired) electrons. The first-order chi connectivity index (χ1) is 14.1. The van der Waals surface area contributed by atoms with Gasteiger partial charge in [-0.15, -0.1) is 0 Å². The third-order valence-corrected chi connectivity index (χ3v) is 7.84. The van der Waals surface area contributed by atoms with Crippen LogP contribution in [0.5, 0.6) is 0 Å². The maximum absolute atomic E-state index is 2.52. The van der Waals surface area contributed by atoms with E-state index in [2.05, 4.69) is 95.8 Å². The Balaban J connectivity index is 1.80. The summed E-state index contributed by atoms with van der Waals surface area (Å²) in [4.78, 5) is 0. The summed E-state index contributed by atoms with van der Waals surface area (Å²) in [7, 11) is 2.24. The van der Waals surface area contributed by atoms with Crippen LogP contribution < -0.4 is 4.57 Å². The third-order valence-electron chi connectivity index (χ3n) is 7.84.